The molecular formula is C15H28N2O. The SMILES string of the molecule is CCC(C)CC(=O)N(CC)C1CC2CCC(C1)N2. The van der Waals surface area contributed by atoms with Crippen molar-refractivity contribution in [2.24, 2.45) is 5.92 Å². The molecule has 2 heterocycles. The molecule has 2 aliphatic heterocycles. The van der Waals surface area contributed by atoms with E-state index in [-0.39, 0.29) is 0 Å². The van der Waals surface area contributed by atoms with Gasteiger partial charge in [-0.15, -0.1) is 0 Å². The fourth-order valence-corrected chi connectivity index (χ4v) is 3.48. The topological polar surface area (TPSA) is 32.3 Å². The predicted octanol–water partition coefficient (Wildman–Crippen LogP) is 2.55. The van der Waals surface area contributed by atoms with Gasteiger partial charge < -0.3 is 10.2 Å². The molecule has 0 saturated carbocycles. The molecule has 2 saturated heterocycles. The zero-order valence-electron chi connectivity index (χ0n) is 12.1. The van der Waals surface area contributed by atoms with E-state index >= 15 is 0 Å². The van der Waals surface area contributed by atoms with E-state index in [2.05, 4.69) is 31.0 Å². The van der Waals surface area contributed by atoms with Gasteiger partial charge >= 0.3 is 0 Å². The molecule has 3 heteroatoms. The van der Waals surface area contributed by atoms with E-state index in [1.807, 2.05) is 0 Å². The normalized spacial score (nSPS) is 32.3. The standard InChI is InChI=1S/C15H28N2O/c1-4-11(3)8-15(18)17(5-2)14-9-12-6-7-13(10-14)16-12/h11-14,16H,4-10H2,1-3H3. The minimum Gasteiger partial charge on any atom is -0.340 e. The van der Waals surface area contributed by atoms with Crippen LogP contribution in [0, 0.1) is 5.92 Å². The van der Waals surface area contributed by atoms with Crippen molar-refractivity contribution in [1.29, 1.82) is 0 Å². The highest BCUT2D eigenvalue weighted by Crippen LogP contribution is 2.30. The average molecular weight is 252 g/mol. The van der Waals surface area contributed by atoms with E-state index in [9.17, 15) is 4.79 Å². The van der Waals surface area contributed by atoms with Gasteiger partial charge in [0.2, 0.25) is 5.91 Å². The molecule has 18 heavy (non-hydrogen) atoms. The molecule has 3 unspecified atom stereocenters. The van der Waals surface area contributed by atoms with Crippen molar-refractivity contribution in [2.45, 2.75) is 77.4 Å². The molecule has 0 aromatic carbocycles. The van der Waals surface area contributed by atoms with Crippen LogP contribution in [-0.2, 0) is 4.79 Å². The van der Waals surface area contributed by atoms with Gasteiger partial charge in [-0.25, -0.2) is 0 Å². The number of rotatable bonds is 5. The minimum absolute atomic E-state index is 0.373. The third-order valence-corrected chi connectivity index (χ3v) is 4.77. The van der Waals surface area contributed by atoms with Crippen LogP contribution in [0.25, 0.3) is 0 Å². The van der Waals surface area contributed by atoms with Gasteiger partial charge in [-0.05, 0) is 38.5 Å². The summed E-state index contributed by atoms with van der Waals surface area (Å²) in [5, 5.41) is 3.65. The summed E-state index contributed by atoms with van der Waals surface area (Å²) in [6, 6.07) is 1.82. The van der Waals surface area contributed by atoms with Crippen LogP contribution in [-0.4, -0.2) is 35.5 Å². The molecule has 104 valence electrons. The van der Waals surface area contributed by atoms with Gasteiger partial charge in [0, 0.05) is 31.1 Å². The molecular weight excluding hydrogens is 224 g/mol. The largest absolute Gasteiger partial charge is 0.340 e. The molecule has 2 bridgehead atoms. The minimum atomic E-state index is 0.373. The zero-order chi connectivity index (χ0) is 13.1. The predicted molar refractivity (Wildman–Crippen MR) is 74.4 cm³/mol. The second-order valence-electron chi connectivity index (χ2n) is 6.16. The third-order valence-electron chi connectivity index (χ3n) is 4.77. The van der Waals surface area contributed by atoms with Crippen molar-refractivity contribution < 1.29 is 4.79 Å². The summed E-state index contributed by atoms with van der Waals surface area (Å²) in [5.41, 5.74) is 0. The summed E-state index contributed by atoms with van der Waals surface area (Å²) < 4.78 is 0. The summed E-state index contributed by atoms with van der Waals surface area (Å²) in [7, 11) is 0. The van der Waals surface area contributed by atoms with Gasteiger partial charge in [-0.3, -0.25) is 4.79 Å². The van der Waals surface area contributed by atoms with Crippen molar-refractivity contribution >= 4 is 5.91 Å². The Morgan fingerprint density at radius 3 is 2.39 bits per heavy atom. The number of piperidine rings is 1. The van der Waals surface area contributed by atoms with E-state index in [4.69, 9.17) is 0 Å². The van der Waals surface area contributed by atoms with Crippen molar-refractivity contribution in [3.05, 3.63) is 0 Å². The number of nitrogens with zero attached hydrogens (tertiary/aromatic N) is 1. The highest BCUT2D eigenvalue weighted by molar-refractivity contribution is 5.76. The molecule has 2 rings (SSSR count). The molecule has 1 N–H and O–H groups in total. The lowest BCUT2D eigenvalue weighted by atomic mass is 9.96. The highest BCUT2D eigenvalue weighted by atomic mass is 16.2. The van der Waals surface area contributed by atoms with Crippen LogP contribution in [0.5, 0.6) is 0 Å². The van der Waals surface area contributed by atoms with Gasteiger partial charge in [0.25, 0.3) is 0 Å². The summed E-state index contributed by atoms with van der Waals surface area (Å²) in [6.07, 6.45) is 6.76. The summed E-state index contributed by atoms with van der Waals surface area (Å²) in [5.74, 6) is 0.892. The smallest absolute Gasteiger partial charge is 0.223 e. The summed E-state index contributed by atoms with van der Waals surface area (Å²) in [6.45, 7) is 7.34. The first kappa shape index (κ1) is 13.9. The first-order valence-corrected chi connectivity index (χ1v) is 7.69. The second kappa shape index (κ2) is 6.05. The Kier molecular flexibility index (Phi) is 4.66. The number of fused-ring (bicyclic) bond motifs is 2. The average Bonchev–Trinajstić information content (AvgIpc) is 2.69. The van der Waals surface area contributed by atoms with Gasteiger partial charge in [0.15, 0.2) is 0 Å². The third kappa shape index (κ3) is 3.05. The Morgan fingerprint density at radius 2 is 1.89 bits per heavy atom. The Balaban J connectivity index is 1.93. The van der Waals surface area contributed by atoms with Gasteiger partial charge in [-0.2, -0.15) is 0 Å². The lowest BCUT2D eigenvalue weighted by Gasteiger charge is -2.37. The fraction of sp³-hybridized carbons (Fsp3) is 0.933. The monoisotopic (exact) mass is 252 g/mol. The quantitative estimate of drug-likeness (QED) is 0.815. The lowest BCUT2D eigenvalue weighted by Crippen LogP contribution is -2.50. The van der Waals surface area contributed by atoms with E-state index in [1.54, 1.807) is 0 Å². The number of carbonyl (C=O) groups excluding carboxylic acids is 1. The van der Waals surface area contributed by atoms with Crippen LogP contribution in [0.4, 0.5) is 0 Å². The van der Waals surface area contributed by atoms with Crippen molar-refractivity contribution in [3.63, 3.8) is 0 Å². The van der Waals surface area contributed by atoms with Crippen LogP contribution >= 0.6 is 0 Å². The van der Waals surface area contributed by atoms with Crippen LogP contribution in [0.3, 0.4) is 0 Å². The lowest BCUT2D eigenvalue weighted by molar-refractivity contribution is -0.135. The second-order valence-corrected chi connectivity index (χ2v) is 6.16. The summed E-state index contributed by atoms with van der Waals surface area (Å²) in [4.78, 5) is 14.5. The van der Waals surface area contributed by atoms with Crippen LogP contribution in [0.1, 0.15) is 59.3 Å². The van der Waals surface area contributed by atoms with Crippen LogP contribution in [0.2, 0.25) is 0 Å². The number of hydrogen-bond donors (Lipinski definition) is 1. The van der Waals surface area contributed by atoms with Gasteiger partial charge in [0.1, 0.15) is 0 Å². The number of nitrogens with one attached hydrogen (secondary N) is 1. The van der Waals surface area contributed by atoms with Crippen molar-refractivity contribution in [2.75, 3.05) is 6.54 Å². The first-order valence-electron chi connectivity index (χ1n) is 7.69. The molecule has 3 nitrogen and oxygen atoms in total. The van der Waals surface area contributed by atoms with E-state index in [1.165, 1.54) is 12.8 Å². The molecule has 2 aliphatic rings. The highest BCUT2D eigenvalue weighted by Gasteiger charge is 2.37. The maximum atomic E-state index is 12.4. The number of hydrogen-bond acceptors (Lipinski definition) is 2. The molecule has 0 aliphatic carbocycles. The van der Waals surface area contributed by atoms with Crippen LogP contribution in [0.15, 0.2) is 0 Å². The molecule has 3 atom stereocenters. The Bertz CT molecular complexity index is 280. The molecule has 0 aromatic heterocycles. The van der Waals surface area contributed by atoms with Gasteiger partial charge in [-0.1, -0.05) is 20.3 Å². The number of amides is 1. The molecule has 1 amide bonds. The molecule has 0 spiro atoms. The molecule has 0 radical (unpaired) electrons. The molecule has 0 aromatic rings. The Morgan fingerprint density at radius 1 is 1.28 bits per heavy atom. The van der Waals surface area contributed by atoms with Crippen LogP contribution < -0.4 is 5.32 Å². The summed E-state index contributed by atoms with van der Waals surface area (Å²) >= 11 is 0. The zero-order valence-corrected chi connectivity index (χ0v) is 12.1. The van der Waals surface area contributed by atoms with Crippen molar-refractivity contribution in [3.8, 4) is 0 Å². The van der Waals surface area contributed by atoms with E-state index < -0.39 is 0 Å². The maximum Gasteiger partial charge on any atom is 0.223 e. The number of carbonyl (C=O) groups is 1. The van der Waals surface area contributed by atoms with Gasteiger partial charge in [0.05, 0.1) is 0 Å². The Hall–Kier alpha value is -0.570. The molecule has 2 fully saturated rings. The Labute approximate surface area is 111 Å². The first-order chi connectivity index (χ1) is 8.63. The maximum absolute atomic E-state index is 12.4. The van der Waals surface area contributed by atoms with E-state index in [0.717, 1.165) is 32.2 Å². The van der Waals surface area contributed by atoms with E-state index in [0.29, 0.717) is 30.0 Å². The fourth-order valence-electron chi connectivity index (χ4n) is 3.48. The van der Waals surface area contributed by atoms with Crippen molar-refractivity contribution in [1.82, 2.24) is 10.2 Å².